The number of likely N-dealkylation sites (N-methyl/N-ethyl adjacent to an activating group) is 1. The Kier molecular flexibility index (Phi) is 7.45. The minimum Gasteiger partial charge on any atom is -0.462 e. The van der Waals surface area contributed by atoms with Gasteiger partial charge in [0.15, 0.2) is 5.82 Å². The highest BCUT2D eigenvalue weighted by atomic mass is 32.1. The van der Waals surface area contributed by atoms with Crippen LogP contribution in [0.15, 0.2) is 12.1 Å². The van der Waals surface area contributed by atoms with E-state index in [0.29, 0.717) is 59.6 Å². The Labute approximate surface area is 273 Å². The second kappa shape index (κ2) is 11.5. The summed E-state index contributed by atoms with van der Waals surface area (Å²) >= 11 is 1.15. The molecule has 0 radical (unpaired) electrons. The van der Waals surface area contributed by atoms with E-state index in [9.17, 15) is 14.8 Å². The number of nitrogens with two attached hydrogens (primary N) is 1. The highest BCUT2D eigenvalue weighted by molar-refractivity contribution is 7.23. The quantitative estimate of drug-likeness (QED) is 0.295. The molecule has 3 N–H and O–H groups in total. The van der Waals surface area contributed by atoms with Crippen LogP contribution in [0.3, 0.4) is 0 Å². The number of anilines is 2. The van der Waals surface area contributed by atoms with E-state index in [1.54, 1.807) is 13.0 Å². The number of nitriles is 1. The van der Waals surface area contributed by atoms with Gasteiger partial charge in [0, 0.05) is 65.5 Å². The van der Waals surface area contributed by atoms with Gasteiger partial charge in [0.25, 0.3) is 0 Å². The number of thiophene rings is 1. The second-order valence-corrected chi connectivity index (χ2v) is 14.3. The minimum atomic E-state index is -0.962. The maximum atomic E-state index is 17.3. The van der Waals surface area contributed by atoms with Crippen LogP contribution < -0.4 is 15.4 Å². The van der Waals surface area contributed by atoms with Crippen molar-refractivity contribution < 1.29 is 27.8 Å². The number of rotatable bonds is 7. The Hall–Kier alpha value is -3.74. The lowest BCUT2D eigenvalue weighted by Gasteiger charge is -2.57. The summed E-state index contributed by atoms with van der Waals surface area (Å²) in [7, 11) is 1.83. The number of aliphatic hydroxyl groups excluding tert-OH is 1. The van der Waals surface area contributed by atoms with E-state index in [0.717, 1.165) is 17.8 Å². The van der Waals surface area contributed by atoms with Crippen molar-refractivity contribution in [1.29, 1.82) is 5.26 Å². The van der Waals surface area contributed by atoms with Gasteiger partial charge in [-0.3, -0.25) is 9.80 Å². The van der Waals surface area contributed by atoms with Crippen molar-refractivity contribution in [3.8, 4) is 23.2 Å². The first-order valence-electron chi connectivity index (χ1n) is 15.8. The molecule has 4 saturated heterocycles. The zero-order valence-corrected chi connectivity index (χ0v) is 26.8. The molecule has 10 nitrogen and oxygen atoms in total. The molecule has 4 aromatic rings. The fraction of sp³-hybridized carbons (Fsp3) is 0.485. The number of nitrogens with zero attached hydrogens (tertiary/aromatic N) is 6. The van der Waals surface area contributed by atoms with Crippen LogP contribution in [0.5, 0.6) is 6.01 Å². The van der Waals surface area contributed by atoms with E-state index in [1.807, 2.05) is 11.9 Å². The van der Waals surface area contributed by atoms with Gasteiger partial charge in [0.1, 0.15) is 41.0 Å². The van der Waals surface area contributed by atoms with Gasteiger partial charge in [0.05, 0.1) is 30.3 Å². The third-order valence-electron chi connectivity index (χ3n) is 10.0. The summed E-state index contributed by atoms with van der Waals surface area (Å²) in [4.78, 5) is 15.8. The first-order chi connectivity index (χ1) is 22.6. The average Bonchev–Trinajstić information content (AvgIpc) is 3.72. The van der Waals surface area contributed by atoms with Crippen molar-refractivity contribution in [3.63, 3.8) is 0 Å². The molecule has 0 saturated carbocycles. The molecule has 5 atom stereocenters. The first kappa shape index (κ1) is 30.6. The summed E-state index contributed by atoms with van der Waals surface area (Å²) < 4.78 is 59.9. The Morgan fingerprint density at radius 1 is 1.13 bits per heavy atom. The monoisotopic (exact) mass is 665 g/mol. The molecule has 5 aliphatic heterocycles. The lowest BCUT2D eigenvalue weighted by molar-refractivity contribution is 0.0652. The van der Waals surface area contributed by atoms with Crippen molar-refractivity contribution in [2.75, 3.05) is 50.5 Å². The van der Waals surface area contributed by atoms with Crippen molar-refractivity contribution >= 4 is 43.1 Å². The third-order valence-corrected chi connectivity index (χ3v) is 11.0. The van der Waals surface area contributed by atoms with E-state index in [1.165, 1.54) is 6.07 Å². The molecule has 7 heterocycles. The number of hydrogen-bond acceptors (Lipinski definition) is 11. The molecule has 4 fully saturated rings. The van der Waals surface area contributed by atoms with Gasteiger partial charge in [-0.2, -0.15) is 15.2 Å². The Morgan fingerprint density at radius 3 is 2.60 bits per heavy atom. The molecule has 2 aromatic heterocycles. The highest BCUT2D eigenvalue weighted by Gasteiger charge is 2.47. The number of piperidine rings is 1. The van der Waals surface area contributed by atoms with Gasteiger partial charge in [0.2, 0.25) is 0 Å². The van der Waals surface area contributed by atoms with Gasteiger partial charge >= 0.3 is 6.01 Å². The fourth-order valence-corrected chi connectivity index (χ4v) is 8.92. The molecular formula is C33H34F3N7O3S. The number of nitrogen functional groups attached to an aromatic ring is 1. The molecule has 0 aliphatic carbocycles. The lowest BCUT2D eigenvalue weighted by atomic mass is 9.85. The molecular weight excluding hydrogens is 631 g/mol. The SMILES string of the molecule is CC(O)CN1CC2CC(C1)N2c1nc(OC[C@@H]2C[C@@H](F)CN2C)nc2c(F)c(-c3c(F)ccc4sc(N)c(C#N)c34)c3c(c12)COC3. The van der Waals surface area contributed by atoms with Crippen molar-refractivity contribution in [3.05, 3.63) is 40.5 Å². The Bertz CT molecular complexity index is 1950. The summed E-state index contributed by atoms with van der Waals surface area (Å²) in [6.45, 7) is 4.34. The van der Waals surface area contributed by atoms with Gasteiger partial charge < -0.3 is 25.2 Å². The number of piperazine rings is 1. The summed E-state index contributed by atoms with van der Waals surface area (Å²) in [5.74, 6) is -0.930. The average molecular weight is 666 g/mol. The number of alkyl halides is 1. The number of benzene rings is 2. The molecule has 0 amide bonds. The van der Waals surface area contributed by atoms with Crippen LogP contribution in [0.25, 0.3) is 32.1 Å². The second-order valence-electron chi connectivity index (χ2n) is 13.2. The zero-order chi connectivity index (χ0) is 32.7. The van der Waals surface area contributed by atoms with Crippen LogP contribution in [0.4, 0.5) is 24.0 Å². The fourth-order valence-electron chi connectivity index (χ4n) is 7.99. The minimum absolute atomic E-state index is 0.0132. The number of fused-ring (bicyclic) bond motifs is 6. The van der Waals surface area contributed by atoms with Crippen molar-refractivity contribution in [1.82, 2.24) is 19.8 Å². The molecule has 2 aromatic carbocycles. The van der Waals surface area contributed by atoms with E-state index >= 15 is 8.78 Å². The van der Waals surface area contributed by atoms with Gasteiger partial charge in [-0.25, -0.2) is 13.2 Å². The summed E-state index contributed by atoms with van der Waals surface area (Å²) in [5, 5.41) is 20.9. The summed E-state index contributed by atoms with van der Waals surface area (Å²) in [6.07, 6.45) is -0.192. The number of halogens is 3. The largest absolute Gasteiger partial charge is 0.462 e. The number of ether oxygens (including phenoxy) is 2. The smallest absolute Gasteiger partial charge is 0.319 e. The third kappa shape index (κ3) is 4.90. The molecule has 9 rings (SSSR count). The normalized spacial score (nSPS) is 24.9. The summed E-state index contributed by atoms with van der Waals surface area (Å²) in [5.41, 5.74) is 7.30. The number of hydrogen-bond donors (Lipinski definition) is 2. The van der Waals surface area contributed by atoms with E-state index in [-0.39, 0.29) is 76.6 Å². The molecule has 0 spiro atoms. The number of likely N-dealkylation sites (tertiary alicyclic amines) is 1. The highest BCUT2D eigenvalue weighted by Crippen LogP contribution is 2.49. The standard InChI is InChI=1S/C33H34F3N7O3S/c1-15(44)8-42-10-17-6-18(11-42)43(17)32-27-22-14-45-13-21(22)26(28-23(35)3-4-24-25(28)20(7-37)31(38)47-24)29(36)30(27)39-33(40-32)46-12-19-5-16(34)9-41(19)2/h3-4,15-19,44H,5-6,8-14,38H2,1-2H3/t15?,16-,17?,18?,19+/m1/s1. The van der Waals surface area contributed by atoms with Gasteiger partial charge in [-0.1, -0.05) is 0 Å². The van der Waals surface area contributed by atoms with Gasteiger partial charge in [-0.05, 0) is 50.1 Å². The molecule has 2 bridgehead atoms. The molecule has 5 aliphatic rings. The predicted octanol–water partition coefficient (Wildman–Crippen LogP) is 4.34. The maximum Gasteiger partial charge on any atom is 0.319 e. The molecule has 3 unspecified atom stereocenters. The topological polar surface area (TPSA) is 124 Å². The van der Waals surface area contributed by atoms with Crippen LogP contribution in [0.1, 0.15) is 36.5 Å². The first-order valence-corrected chi connectivity index (χ1v) is 16.6. The van der Waals surface area contributed by atoms with Crippen LogP contribution in [-0.4, -0.2) is 95.1 Å². The van der Waals surface area contributed by atoms with E-state index in [4.69, 9.17) is 20.2 Å². The van der Waals surface area contributed by atoms with Crippen molar-refractivity contribution in [2.45, 2.75) is 63.4 Å². The van der Waals surface area contributed by atoms with E-state index in [2.05, 4.69) is 20.9 Å². The zero-order valence-electron chi connectivity index (χ0n) is 26.0. The van der Waals surface area contributed by atoms with Crippen LogP contribution in [0, 0.1) is 23.0 Å². The lowest BCUT2D eigenvalue weighted by Crippen LogP contribution is -2.69. The number of aromatic nitrogens is 2. The molecule has 14 heteroatoms. The Morgan fingerprint density at radius 2 is 1.89 bits per heavy atom. The van der Waals surface area contributed by atoms with Crippen molar-refractivity contribution in [2.24, 2.45) is 0 Å². The molecule has 47 heavy (non-hydrogen) atoms. The molecule has 246 valence electrons. The number of aliphatic hydroxyl groups is 1. The Balaban J connectivity index is 1.32. The van der Waals surface area contributed by atoms with Gasteiger partial charge in [-0.15, -0.1) is 11.3 Å². The van der Waals surface area contributed by atoms with Crippen LogP contribution in [0.2, 0.25) is 0 Å². The predicted molar refractivity (Wildman–Crippen MR) is 172 cm³/mol. The van der Waals surface area contributed by atoms with E-state index < -0.39 is 23.9 Å². The maximum absolute atomic E-state index is 17.3. The van der Waals surface area contributed by atoms with Crippen LogP contribution in [-0.2, 0) is 18.0 Å². The summed E-state index contributed by atoms with van der Waals surface area (Å²) in [6, 6.07) is 4.79. The van der Waals surface area contributed by atoms with Crippen LogP contribution >= 0.6 is 11.3 Å².